The first kappa shape index (κ1) is 23.3. The van der Waals surface area contributed by atoms with Crippen molar-refractivity contribution in [2.75, 3.05) is 18.3 Å². The fourth-order valence-electron chi connectivity index (χ4n) is 3.33. The van der Waals surface area contributed by atoms with Crippen LogP contribution in [-0.4, -0.2) is 28.9 Å². The van der Waals surface area contributed by atoms with Crippen molar-refractivity contribution >= 4 is 55.9 Å². The lowest BCUT2D eigenvalue weighted by molar-refractivity contribution is -0.132. The first-order chi connectivity index (χ1) is 15.0. The van der Waals surface area contributed by atoms with Crippen LogP contribution >= 0.6 is 27.5 Å². The molecule has 3 rings (SSSR count). The Balaban J connectivity index is 1.92. The molecule has 2 aromatic carbocycles. The Hall–Kier alpha value is -2.38. The Morgan fingerprint density at radius 3 is 2.65 bits per heavy atom. The number of rotatable bonds is 10. The summed E-state index contributed by atoms with van der Waals surface area (Å²) in [4.78, 5) is 20.3. The van der Waals surface area contributed by atoms with E-state index in [2.05, 4.69) is 37.3 Å². The average Bonchev–Trinajstić information content (AvgIpc) is 2.74. The Kier molecular flexibility index (Phi) is 8.49. The summed E-state index contributed by atoms with van der Waals surface area (Å²) in [5.74, 6) is 1.68. The van der Waals surface area contributed by atoms with E-state index >= 15 is 0 Å². The number of hydrogen-bond acceptors (Lipinski definition) is 6. The molecular formula is C23H25BrClN3O3. The van der Waals surface area contributed by atoms with Gasteiger partial charge in [-0.25, -0.2) is 9.97 Å². The predicted octanol–water partition coefficient (Wildman–Crippen LogP) is 6.41. The number of esters is 1. The number of nitrogens with one attached hydrogen (secondary N) is 1. The summed E-state index contributed by atoms with van der Waals surface area (Å²) >= 11 is 9.33. The van der Waals surface area contributed by atoms with E-state index in [-0.39, 0.29) is 0 Å². The topological polar surface area (TPSA) is 73.3 Å². The number of aromatic nitrogens is 2. The predicted molar refractivity (Wildman–Crippen MR) is 128 cm³/mol. The molecule has 3 aromatic rings. The minimum atomic E-state index is -0.424. The maximum atomic E-state index is 11.5. The fourth-order valence-corrected chi connectivity index (χ4v) is 3.88. The minimum Gasteiger partial charge on any atom is -0.493 e. The van der Waals surface area contributed by atoms with Crippen molar-refractivity contribution in [3.05, 3.63) is 46.7 Å². The van der Waals surface area contributed by atoms with Gasteiger partial charge < -0.3 is 14.8 Å². The molecule has 0 aliphatic heterocycles. The smallest absolute Gasteiger partial charge is 0.308 e. The van der Waals surface area contributed by atoms with Crippen molar-refractivity contribution in [3.8, 4) is 11.5 Å². The van der Waals surface area contributed by atoms with Gasteiger partial charge in [-0.15, -0.1) is 11.6 Å². The van der Waals surface area contributed by atoms with E-state index in [9.17, 15) is 4.79 Å². The van der Waals surface area contributed by atoms with Crippen molar-refractivity contribution in [1.82, 2.24) is 9.97 Å². The normalized spacial score (nSPS) is 10.8. The number of benzene rings is 2. The quantitative estimate of drug-likeness (QED) is 0.148. The number of unbranched alkanes of at least 4 members (excludes halogenated alkanes) is 3. The maximum absolute atomic E-state index is 11.5. The maximum Gasteiger partial charge on any atom is 0.308 e. The molecule has 0 fully saturated rings. The van der Waals surface area contributed by atoms with Gasteiger partial charge in [0, 0.05) is 34.4 Å². The summed E-state index contributed by atoms with van der Waals surface area (Å²) in [7, 11) is 1.52. The second-order valence-corrected chi connectivity index (χ2v) is 8.41. The number of methoxy groups -OCH3 is 1. The number of ether oxygens (including phenoxy) is 2. The molecule has 0 unspecified atom stereocenters. The van der Waals surface area contributed by atoms with E-state index in [0.29, 0.717) is 28.7 Å². The highest BCUT2D eigenvalue weighted by Crippen LogP contribution is 2.35. The van der Waals surface area contributed by atoms with Gasteiger partial charge in [0.1, 0.15) is 12.1 Å². The monoisotopic (exact) mass is 505 g/mol. The summed E-state index contributed by atoms with van der Waals surface area (Å²) in [6.45, 7) is 1.35. The lowest BCUT2D eigenvalue weighted by Crippen LogP contribution is -2.04. The number of carbonyl (C=O) groups is 1. The van der Waals surface area contributed by atoms with Crippen molar-refractivity contribution in [3.63, 3.8) is 0 Å². The Labute approximate surface area is 195 Å². The van der Waals surface area contributed by atoms with Gasteiger partial charge in [0.15, 0.2) is 11.5 Å². The van der Waals surface area contributed by atoms with E-state index in [1.807, 2.05) is 12.1 Å². The Morgan fingerprint density at radius 2 is 1.90 bits per heavy atom. The molecular weight excluding hydrogens is 482 g/mol. The number of alkyl halides is 1. The molecule has 0 saturated carbocycles. The zero-order chi connectivity index (χ0) is 22.2. The molecule has 0 aliphatic rings. The van der Waals surface area contributed by atoms with Crippen molar-refractivity contribution < 1.29 is 14.3 Å². The molecule has 6 nitrogen and oxygen atoms in total. The molecule has 0 aliphatic carbocycles. The van der Waals surface area contributed by atoms with Gasteiger partial charge in [-0.3, -0.25) is 4.79 Å². The molecule has 0 atom stereocenters. The molecule has 8 heteroatoms. The SMILES string of the molecule is COc1cc2ncnc(Nc3cc(Br)ccc3CCCCCCCl)c2cc1OC(C)=O. The summed E-state index contributed by atoms with van der Waals surface area (Å²) < 4.78 is 11.6. The standard InChI is InChI=1S/C23H25BrClN3O3/c1-15(29)31-22-12-18-20(13-21(22)30-2)26-14-27-23(18)28-19-11-17(24)9-8-16(19)7-5-3-4-6-10-25/h8-9,11-14H,3-7,10H2,1-2H3,(H,26,27,28). The molecule has 1 aromatic heterocycles. The number of nitrogens with zero attached hydrogens (tertiary/aromatic N) is 2. The first-order valence-corrected chi connectivity index (χ1v) is 11.5. The van der Waals surface area contributed by atoms with Crippen LogP contribution < -0.4 is 14.8 Å². The lowest BCUT2D eigenvalue weighted by atomic mass is 10.0. The van der Waals surface area contributed by atoms with Crippen LogP contribution in [0.4, 0.5) is 11.5 Å². The van der Waals surface area contributed by atoms with Crippen LogP contribution in [-0.2, 0) is 11.2 Å². The number of fused-ring (bicyclic) bond motifs is 1. The van der Waals surface area contributed by atoms with Crippen LogP contribution in [0.15, 0.2) is 41.1 Å². The summed E-state index contributed by atoms with van der Waals surface area (Å²) in [6.07, 6.45) is 6.87. The average molecular weight is 507 g/mol. The first-order valence-electron chi connectivity index (χ1n) is 10.1. The van der Waals surface area contributed by atoms with Crippen molar-refractivity contribution in [1.29, 1.82) is 0 Å². The number of hydrogen-bond donors (Lipinski definition) is 1. The molecule has 31 heavy (non-hydrogen) atoms. The Morgan fingerprint density at radius 1 is 1.10 bits per heavy atom. The lowest BCUT2D eigenvalue weighted by Gasteiger charge is -2.15. The van der Waals surface area contributed by atoms with E-state index in [1.54, 1.807) is 12.1 Å². The molecule has 0 saturated heterocycles. The number of halogens is 2. The van der Waals surface area contributed by atoms with Gasteiger partial charge in [0.2, 0.25) is 0 Å². The van der Waals surface area contributed by atoms with Crippen LogP contribution in [0.1, 0.15) is 38.2 Å². The van der Waals surface area contributed by atoms with Crippen molar-refractivity contribution in [2.45, 2.75) is 39.0 Å². The molecule has 0 spiro atoms. The van der Waals surface area contributed by atoms with Crippen LogP contribution in [0.5, 0.6) is 11.5 Å². The van der Waals surface area contributed by atoms with Crippen LogP contribution in [0.2, 0.25) is 0 Å². The van der Waals surface area contributed by atoms with Gasteiger partial charge in [-0.2, -0.15) is 0 Å². The molecule has 0 radical (unpaired) electrons. The minimum absolute atomic E-state index is 0.328. The van der Waals surface area contributed by atoms with Gasteiger partial charge in [-0.05, 0) is 43.0 Å². The van der Waals surface area contributed by atoms with Crippen LogP contribution in [0.25, 0.3) is 10.9 Å². The van der Waals surface area contributed by atoms with Gasteiger partial charge in [-0.1, -0.05) is 34.8 Å². The van der Waals surface area contributed by atoms with Crippen LogP contribution in [0, 0.1) is 0 Å². The molecule has 164 valence electrons. The van der Waals surface area contributed by atoms with E-state index in [0.717, 1.165) is 47.7 Å². The van der Waals surface area contributed by atoms with Crippen LogP contribution in [0.3, 0.4) is 0 Å². The zero-order valence-electron chi connectivity index (χ0n) is 17.6. The number of aryl methyl sites for hydroxylation is 1. The largest absolute Gasteiger partial charge is 0.493 e. The molecule has 0 bridgehead atoms. The Bertz CT molecular complexity index is 1060. The van der Waals surface area contributed by atoms with E-state index < -0.39 is 5.97 Å². The zero-order valence-corrected chi connectivity index (χ0v) is 19.9. The highest BCUT2D eigenvalue weighted by atomic mass is 79.9. The highest BCUT2D eigenvalue weighted by Gasteiger charge is 2.14. The third kappa shape index (κ3) is 6.31. The summed E-state index contributed by atoms with van der Waals surface area (Å²) in [6, 6.07) is 9.66. The summed E-state index contributed by atoms with van der Waals surface area (Å²) in [5.41, 5.74) is 2.86. The van der Waals surface area contributed by atoms with Gasteiger partial charge in [0.05, 0.1) is 12.6 Å². The van der Waals surface area contributed by atoms with Gasteiger partial charge in [0.25, 0.3) is 0 Å². The molecule has 1 heterocycles. The van der Waals surface area contributed by atoms with E-state index in [1.165, 1.54) is 25.9 Å². The van der Waals surface area contributed by atoms with E-state index in [4.69, 9.17) is 21.1 Å². The fraction of sp³-hybridized carbons (Fsp3) is 0.348. The number of anilines is 2. The third-order valence-corrected chi connectivity index (χ3v) is 5.59. The second kappa shape index (κ2) is 11.3. The van der Waals surface area contributed by atoms with Crippen molar-refractivity contribution in [2.24, 2.45) is 0 Å². The molecule has 1 N–H and O–H groups in total. The second-order valence-electron chi connectivity index (χ2n) is 7.12. The highest BCUT2D eigenvalue weighted by molar-refractivity contribution is 9.10. The third-order valence-electron chi connectivity index (χ3n) is 4.83. The number of carbonyl (C=O) groups excluding carboxylic acids is 1. The molecule has 0 amide bonds. The van der Waals surface area contributed by atoms with Gasteiger partial charge >= 0.3 is 5.97 Å². The summed E-state index contributed by atoms with van der Waals surface area (Å²) in [5, 5.41) is 4.17.